The number of nitro groups is 1. The highest BCUT2D eigenvalue weighted by Crippen LogP contribution is 2.21. The molecule has 0 aliphatic carbocycles. The smallest absolute Gasteiger partial charge is 0.273 e. The minimum absolute atomic E-state index is 0.0433. The van der Waals surface area contributed by atoms with Crippen molar-refractivity contribution in [3.8, 4) is 0 Å². The third-order valence-corrected chi connectivity index (χ3v) is 4.81. The molecular formula is C23H20N4O4S. The maximum atomic E-state index is 12.5. The largest absolute Gasteiger partial charge is 0.332 e. The molecule has 0 atom stereocenters. The van der Waals surface area contributed by atoms with Gasteiger partial charge >= 0.3 is 0 Å². The Hall–Kier alpha value is -4.11. The zero-order valence-corrected chi connectivity index (χ0v) is 17.9. The summed E-state index contributed by atoms with van der Waals surface area (Å²) in [6.45, 7) is 1.51. The third-order valence-electron chi connectivity index (χ3n) is 4.61. The first-order chi connectivity index (χ1) is 15.3. The van der Waals surface area contributed by atoms with E-state index in [1.54, 1.807) is 24.3 Å². The third kappa shape index (κ3) is 5.96. The summed E-state index contributed by atoms with van der Waals surface area (Å²) in [6.07, 6.45) is 0.272. The van der Waals surface area contributed by atoms with Crippen LogP contribution in [0, 0.1) is 17.0 Å². The van der Waals surface area contributed by atoms with Crippen molar-refractivity contribution in [1.29, 1.82) is 0 Å². The summed E-state index contributed by atoms with van der Waals surface area (Å²) in [5.41, 5.74) is 2.43. The van der Waals surface area contributed by atoms with Crippen LogP contribution >= 0.6 is 12.2 Å². The molecule has 3 rings (SSSR count). The summed E-state index contributed by atoms with van der Waals surface area (Å²) in [5, 5.41) is 19.3. The van der Waals surface area contributed by atoms with Gasteiger partial charge in [0.05, 0.1) is 11.3 Å². The lowest BCUT2D eigenvalue weighted by molar-refractivity contribution is -0.385. The number of amides is 2. The van der Waals surface area contributed by atoms with Crippen molar-refractivity contribution >= 4 is 46.2 Å². The maximum absolute atomic E-state index is 12.5. The summed E-state index contributed by atoms with van der Waals surface area (Å²) in [7, 11) is 0. The maximum Gasteiger partial charge on any atom is 0.273 e. The first-order valence-corrected chi connectivity index (χ1v) is 10.0. The molecule has 0 fully saturated rings. The summed E-state index contributed by atoms with van der Waals surface area (Å²) in [4.78, 5) is 35.1. The van der Waals surface area contributed by atoms with Gasteiger partial charge in [-0.05, 0) is 55.0 Å². The molecule has 0 spiro atoms. The van der Waals surface area contributed by atoms with Crippen molar-refractivity contribution in [3.05, 3.63) is 99.6 Å². The number of rotatable bonds is 6. The Kier molecular flexibility index (Phi) is 7.25. The molecule has 0 radical (unpaired) electrons. The highest BCUT2D eigenvalue weighted by Gasteiger charge is 2.18. The van der Waals surface area contributed by atoms with E-state index >= 15 is 0 Å². The SMILES string of the molecule is Cc1c(C(=O)NC(=S)Nc2ccc(NC(=O)Cc3ccccc3)cc2)cccc1[N+](=O)[O-]. The number of benzene rings is 3. The average molecular weight is 449 g/mol. The van der Waals surface area contributed by atoms with Crippen LogP contribution < -0.4 is 16.0 Å². The highest BCUT2D eigenvalue weighted by atomic mass is 32.1. The molecule has 0 heterocycles. The van der Waals surface area contributed by atoms with Crippen molar-refractivity contribution in [2.75, 3.05) is 10.6 Å². The van der Waals surface area contributed by atoms with Crippen molar-refractivity contribution in [2.45, 2.75) is 13.3 Å². The Morgan fingerprint density at radius 2 is 1.53 bits per heavy atom. The van der Waals surface area contributed by atoms with Gasteiger partial charge in [-0.2, -0.15) is 0 Å². The fourth-order valence-electron chi connectivity index (χ4n) is 3.02. The topological polar surface area (TPSA) is 113 Å². The molecular weight excluding hydrogens is 428 g/mol. The second-order valence-electron chi connectivity index (χ2n) is 6.90. The Morgan fingerprint density at radius 3 is 2.16 bits per heavy atom. The molecule has 3 aromatic rings. The van der Waals surface area contributed by atoms with Gasteiger partial charge in [0.1, 0.15) is 0 Å². The number of carbonyl (C=O) groups is 2. The minimum Gasteiger partial charge on any atom is -0.332 e. The van der Waals surface area contributed by atoms with Gasteiger partial charge in [0, 0.05) is 28.6 Å². The minimum atomic E-state index is -0.548. The molecule has 3 N–H and O–H groups in total. The van der Waals surface area contributed by atoms with Crippen molar-refractivity contribution < 1.29 is 14.5 Å². The van der Waals surface area contributed by atoms with E-state index in [1.807, 2.05) is 30.3 Å². The second kappa shape index (κ2) is 10.3. The van der Waals surface area contributed by atoms with Crippen molar-refractivity contribution in [2.24, 2.45) is 0 Å². The number of hydrogen-bond donors (Lipinski definition) is 3. The Bertz CT molecular complexity index is 1160. The fraction of sp³-hybridized carbons (Fsp3) is 0.0870. The van der Waals surface area contributed by atoms with Gasteiger partial charge in [0.25, 0.3) is 11.6 Å². The van der Waals surface area contributed by atoms with Gasteiger partial charge in [-0.15, -0.1) is 0 Å². The van der Waals surface area contributed by atoms with Crippen molar-refractivity contribution in [1.82, 2.24) is 5.32 Å². The Balaban J connectivity index is 1.55. The first kappa shape index (κ1) is 22.6. The van der Waals surface area contributed by atoms with Crippen LogP contribution in [0.1, 0.15) is 21.5 Å². The van der Waals surface area contributed by atoms with Crippen LogP contribution in [-0.2, 0) is 11.2 Å². The lowest BCUT2D eigenvalue weighted by Crippen LogP contribution is -2.34. The molecule has 32 heavy (non-hydrogen) atoms. The van der Waals surface area contributed by atoms with Crippen LogP contribution in [-0.4, -0.2) is 21.9 Å². The van der Waals surface area contributed by atoms with E-state index in [4.69, 9.17) is 12.2 Å². The quantitative estimate of drug-likeness (QED) is 0.296. The number of nitrogens with one attached hydrogen (secondary N) is 3. The summed E-state index contributed by atoms with van der Waals surface area (Å²) >= 11 is 5.17. The number of thiocarbonyl (C=S) groups is 1. The molecule has 0 unspecified atom stereocenters. The molecule has 0 saturated heterocycles. The average Bonchev–Trinajstić information content (AvgIpc) is 2.75. The zero-order chi connectivity index (χ0) is 23.1. The number of carbonyl (C=O) groups excluding carboxylic acids is 2. The van der Waals surface area contributed by atoms with Gasteiger partial charge in [0.2, 0.25) is 5.91 Å². The normalized spacial score (nSPS) is 10.2. The number of hydrogen-bond acceptors (Lipinski definition) is 5. The molecule has 0 aliphatic rings. The fourth-order valence-corrected chi connectivity index (χ4v) is 3.23. The Labute approximate surface area is 189 Å². The standard InChI is InChI=1S/C23H20N4O4S/c1-15-19(8-5-9-20(15)27(30)31)22(29)26-23(32)25-18-12-10-17(11-13-18)24-21(28)14-16-6-3-2-4-7-16/h2-13H,14H2,1H3,(H,24,28)(H2,25,26,29,32). The molecule has 9 heteroatoms. The predicted octanol–water partition coefficient (Wildman–Crippen LogP) is 4.21. The van der Waals surface area contributed by atoms with Gasteiger partial charge < -0.3 is 10.6 Å². The molecule has 0 saturated carbocycles. The van der Waals surface area contributed by atoms with Gasteiger partial charge in [-0.3, -0.25) is 25.0 Å². The predicted molar refractivity (Wildman–Crippen MR) is 127 cm³/mol. The van der Waals surface area contributed by atoms with Crippen LogP contribution in [0.25, 0.3) is 0 Å². The van der Waals surface area contributed by atoms with Gasteiger partial charge in [-0.1, -0.05) is 36.4 Å². The molecule has 0 aromatic heterocycles. The molecule has 0 aliphatic heterocycles. The van der Waals surface area contributed by atoms with Gasteiger partial charge in [0.15, 0.2) is 5.11 Å². The summed E-state index contributed by atoms with van der Waals surface area (Å²) in [6, 6.07) is 20.5. The van der Waals surface area contributed by atoms with Crippen LogP contribution in [0.15, 0.2) is 72.8 Å². The molecule has 3 aromatic carbocycles. The Morgan fingerprint density at radius 1 is 0.906 bits per heavy atom. The summed E-state index contributed by atoms with van der Waals surface area (Å²) in [5.74, 6) is -0.680. The monoisotopic (exact) mass is 448 g/mol. The van der Waals surface area contributed by atoms with E-state index in [-0.39, 0.29) is 34.3 Å². The number of anilines is 2. The number of nitro benzene ring substituents is 1. The molecule has 162 valence electrons. The highest BCUT2D eigenvalue weighted by molar-refractivity contribution is 7.80. The molecule has 8 nitrogen and oxygen atoms in total. The van der Waals surface area contributed by atoms with E-state index in [2.05, 4.69) is 16.0 Å². The van der Waals surface area contributed by atoms with Crippen LogP contribution in [0.5, 0.6) is 0 Å². The van der Waals surface area contributed by atoms with E-state index in [9.17, 15) is 19.7 Å². The van der Waals surface area contributed by atoms with Gasteiger partial charge in [-0.25, -0.2) is 0 Å². The molecule has 2 amide bonds. The molecule has 0 bridgehead atoms. The van der Waals surface area contributed by atoms with Crippen LogP contribution in [0.2, 0.25) is 0 Å². The second-order valence-corrected chi connectivity index (χ2v) is 7.31. The van der Waals surface area contributed by atoms with Crippen molar-refractivity contribution in [3.63, 3.8) is 0 Å². The summed E-state index contributed by atoms with van der Waals surface area (Å²) < 4.78 is 0. The zero-order valence-electron chi connectivity index (χ0n) is 17.1. The van der Waals surface area contributed by atoms with Crippen LogP contribution in [0.4, 0.5) is 17.1 Å². The number of nitrogens with zero attached hydrogens (tertiary/aromatic N) is 1. The van der Waals surface area contributed by atoms with E-state index in [0.29, 0.717) is 11.4 Å². The first-order valence-electron chi connectivity index (χ1n) is 9.63. The van der Waals surface area contributed by atoms with E-state index < -0.39 is 10.8 Å². The van der Waals surface area contributed by atoms with E-state index in [1.165, 1.54) is 25.1 Å². The van der Waals surface area contributed by atoms with E-state index in [0.717, 1.165) is 5.56 Å². The lowest BCUT2D eigenvalue weighted by Gasteiger charge is -2.12. The van der Waals surface area contributed by atoms with Crippen LogP contribution in [0.3, 0.4) is 0 Å². The lowest BCUT2D eigenvalue weighted by atomic mass is 10.1.